The minimum absolute atomic E-state index is 0.269. The monoisotopic (exact) mass is 378 g/mol. The predicted molar refractivity (Wildman–Crippen MR) is 78.6 cm³/mol. The summed E-state index contributed by atoms with van der Waals surface area (Å²) in [6, 6.07) is 4.92. The SMILES string of the molecule is Cn1nc(S(N)(=O)=O)s/c1=N\S(=O)(=O)c1ccccc1C(=O)O. The summed E-state index contributed by atoms with van der Waals surface area (Å²) in [6.07, 6.45) is 0. The molecule has 124 valence electrons. The van der Waals surface area contributed by atoms with E-state index in [-0.39, 0.29) is 4.80 Å². The van der Waals surface area contributed by atoms with E-state index in [1.54, 1.807) is 0 Å². The molecule has 0 saturated heterocycles. The Morgan fingerprint density at radius 1 is 1.30 bits per heavy atom. The van der Waals surface area contributed by atoms with Gasteiger partial charge in [0, 0.05) is 7.05 Å². The molecule has 1 aromatic carbocycles. The van der Waals surface area contributed by atoms with Crippen molar-refractivity contribution in [2.75, 3.05) is 0 Å². The van der Waals surface area contributed by atoms with E-state index in [1.165, 1.54) is 19.2 Å². The fourth-order valence-corrected chi connectivity index (χ4v) is 4.51. The van der Waals surface area contributed by atoms with Gasteiger partial charge < -0.3 is 5.11 Å². The first-order valence-electron chi connectivity index (χ1n) is 5.72. The molecule has 0 saturated carbocycles. The maximum absolute atomic E-state index is 12.3. The lowest BCUT2D eigenvalue weighted by molar-refractivity contribution is 0.0692. The standard InChI is InChI=1S/C10H10N4O6S3/c1-14-9(21-10(12-14)22(11,17)18)13-23(19,20)7-5-3-2-4-6(7)8(15)16/h2-5H,1H3,(H,15,16)(H2,11,17,18)/b13-9-. The van der Waals surface area contributed by atoms with Gasteiger partial charge in [-0.05, 0) is 12.1 Å². The van der Waals surface area contributed by atoms with Gasteiger partial charge >= 0.3 is 5.97 Å². The number of rotatable bonds is 4. The Hall–Kier alpha value is -2.09. The van der Waals surface area contributed by atoms with Crippen LogP contribution in [-0.4, -0.2) is 37.7 Å². The number of hydrogen-bond donors (Lipinski definition) is 2. The molecule has 1 heterocycles. The molecule has 0 radical (unpaired) electrons. The van der Waals surface area contributed by atoms with E-state index in [9.17, 15) is 21.6 Å². The van der Waals surface area contributed by atoms with Crippen molar-refractivity contribution >= 4 is 37.4 Å². The summed E-state index contributed by atoms with van der Waals surface area (Å²) in [5, 5.41) is 17.5. The van der Waals surface area contributed by atoms with Crippen molar-refractivity contribution in [3.05, 3.63) is 34.6 Å². The lowest BCUT2D eigenvalue weighted by Gasteiger charge is -2.02. The molecule has 1 aromatic heterocycles. The van der Waals surface area contributed by atoms with E-state index >= 15 is 0 Å². The zero-order valence-electron chi connectivity index (χ0n) is 11.4. The van der Waals surface area contributed by atoms with Crippen LogP contribution in [0.3, 0.4) is 0 Å². The number of nitrogens with zero attached hydrogens (tertiary/aromatic N) is 3. The van der Waals surface area contributed by atoms with Gasteiger partial charge in [-0.3, -0.25) is 0 Å². The molecule has 0 aliphatic carbocycles. The van der Waals surface area contributed by atoms with Crippen LogP contribution in [0, 0.1) is 0 Å². The second kappa shape index (κ2) is 5.84. The van der Waals surface area contributed by atoms with Gasteiger partial charge in [0.1, 0.15) is 4.90 Å². The molecule has 0 aliphatic heterocycles. The Kier molecular flexibility index (Phi) is 4.39. The van der Waals surface area contributed by atoms with Crippen molar-refractivity contribution in [2.45, 2.75) is 9.24 Å². The fraction of sp³-hybridized carbons (Fsp3) is 0.100. The third kappa shape index (κ3) is 3.64. The van der Waals surface area contributed by atoms with Crippen LogP contribution in [0.2, 0.25) is 0 Å². The van der Waals surface area contributed by atoms with E-state index in [1.807, 2.05) is 0 Å². The molecule has 23 heavy (non-hydrogen) atoms. The molecule has 0 bridgehead atoms. The van der Waals surface area contributed by atoms with Crippen molar-refractivity contribution in [1.29, 1.82) is 0 Å². The first kappa shape index (κ1) is 17.3. The zero-order valence-corrected chi connectivity index (χ0v) is 13.9. The summed E-state index contributed by atoms with van der Waals surface area (Å²) in [6.45, 7) is 0. The maximum atomic E-state index is 12.3. The van der Waals surface area contributed by atoms with Gasteiger partial charge in [0.25, 0.3) is 20.0 Å². The van der Waals surface area contributed by atoms with Crippen LogP contribution in [0.15, 0.2) is 37.9 Å². The lowest BCUT2D eigenvalue weighted by atomic mass is 10.2. The van der Waals surface area contributed by atoms with Gasteiger partial charge in [0.15, 0.2) is 0 Å². The highest BCUT2D eigenvalue weighted by molar-refractivity contribution is 7.91. The molecule has 0 atom stereocenters. The maximum Gasteiger partial charge on any atom is 0.337 e. The van der Waals surface area contributed by atoms with Gasteiger partial charge in [-0.1, -0.05) is 23.5 Å². The van der Waals surface area contributed by atoms with Crippen molar-refractivity contribution in [3.8, 4) is 0 Å². The number of aryl methyl sites for hydroxylation is 1. The topological polar surface area (TPSA) is 162 Å². The minimum atomic E-state index is -4.39. The first-order valence-corrected chi connectivity index (χ1v) is 9.53. The number of carbonyl (C=O) groups is 1. The third-order valence-electron chi connectivity index (χ3n) is 2.52. The molecule has 3 N–H and O–H groups in total. The van der Waals surface area contributed by atoms with Gasteiger partial charge in [0.2, 0.25) is 9.14 Å². The average Bonchev–Trinajstić information content (AvgIpc) is 2.79. The quantitative estimate of drug-likeness (QED) is 0.697. The van der Waals surface area contributed by atoms with Gasteiger partial charge in [-0.2, -0.15) is 8.42 Å². The van der Waals surface area contributed by atoms with Crippen LogP contribution in [0.1, 0.15) is 10.4 Å². The van der Waals surface area contributed by atoms with E-state index in [4.69, 9.17) is 10.2 Å². The minimum Gasteiger partial charge on any atom is -0.478 e. The summed E-state index contributed by atoms with van der Waals surface area (Å²) in [7, 11) is -7.21. The van der Waals surface area contributed by atoms with Crippen LogP contribution in [0.4, 0.5) is 0 Å². The van der Waals surface area contributed by atoms with Crippen molar-refractivity contribution in [3.63, 3.8) is 0 Å². The van der Waals surface area contributed by atoms with Crippen LogP contribution in [0.5, 0.6) is 0 Å². The number of sulfonamides is 2. The fourth-order valence-electron chi connectivity index (χ4n) is 1.54. The van der Waals surface area contributed by atoms with E-state index in [0.29, 0.717) is 11.3 Å². The molecule has 10 nitrogen and oxygen atoms in total. The van der Waals surface area contributed by atoms with E-state index in [0.717, 1.165) is 16.8 Å². The Morgan fingerprint density at radius 3 is 2.43 bits per heavy atom. The number of carboxylic acids is 1. The zero-order chi connectivity index (χ0) is 17.4. The normalized spacial score (nSPS) is 13.2. The van der Waals surface area contributed by atoms with E-state index < -0.39 is 40.8 Å². The molecule has 0 fully saturated rings. The van der Waals surface area contributed by atoms with Crippen LogP contribution in [-0.2, 0) is 27.1 Å². The van der Waals surface area contributed by atoms with Crippen molar-refractivity contribution in [1.82, 2.24) is 9.78 Å². The average molecular weight is 378 g/mol. The number of benzene rings is 1. The second-order valence-corrected chi connectivity index (χ2v) is 8.45. The Bertz CT molecular complexity index is 1050. The summed E-state index contributed by atoms with van der Waals surface area (Å²) < 4.78 is 50.9. The molecule has 0 unspecified atom stereocenters. The molecule has 2 aromatic rings. The number of aromatic carboxylic acids is 1. The molecule has 0 spiro atoms. The second-order valence-electron chi connectivity index (χ2n) is 4.19. The highest BCUT2D eigenvalue weighted by Gasteiger charge is 2.22. The van der Waals surface area contributed by atoms with Crippen molar-refractivity contribution < 1.29 is 26.7 Å². The molecule has 13 heteroatoms. The number of hydrogen-bond acceptors (Lipinski definition) is 7. The van der Waals surface area contributed by atoms with Gasteiger partial charge in [-0.15, -0.1) is 9.50 Å². The highest BCUT2D eigenvalue weighted by Crippen LogP contribution is 2.18. The lowest BCUT2D eigenvalue weighted by Crippen LogP contribution is -2.16. The summed E-state index contributed by atoms with van der Waals surface area (Å²) in [5.74, 6) is -1.43. The molecule has 0 aliphatic rings. The van der Waals surface area contributed by atoms with Gasteiger partial charge in [-0.25, -0.2) is 23.0 Å². The smallest absolute Gasteiger partial charge is 0.337 e. The van der Waals surface area contributed by atoms with Crippen molar-refractivity contribution in [2.24, 2.45) is 16.6 Å². The summed E-state index contributed by atoms with van der Waals surface area (Å²) in [4.78, 5) is 10.3. The van der Waals surface area contributed by atoms with Gasteiger partial charge in [0.05, 0.1) is 5.56 Å². The van der Waals surface area contributed by atoms with Crippen LogP contribution < -0.4 is 9.94 Å². The van der Waals surface area contributed by atoms with Crippen LogP contribution >= 0.6 is 11.3 Å². The Morgan fingerprint density at radius 2 is 1.91 bits per heavy atom. The number of primary sulfonamides is 1. The predicted octanol–water partition coefficient (Wildman–Crippen LogP) is -0.883. The summed E-state index contributed by atoms with van der Waals surface area (Å²) >= 11 is 0.448. The molecular weight excluding hydrogens is 368 g/mol. The van der Waals surface area contributed by atoms with E-state index in [2.05, 4.69) is 9.50 Å². The molecular formula is C10H10N4O6S3. The number of nitrogens with two attached hydrogens (primary N) is 1. The molecule has 2 rings (SSSR count). The Balaban J connectivity index is 2.68. The number of carboxylic acid groups (broad SMARTS) is 1. The Labute approximate surface area is 134 Å². The summed E-state index contributed by atoms with van der Waals surface area (Å²) in [5.41, 5.74) is -0.449. The largest absolute Gasteiger partial charge is 0.478 e. The molecule has 0 amide bonds. The van der Waals surface area contributed by atoms with Crippen LogP contribution in [0.25, 0.3) is 0 Å². The highest BCUT2D eigenvalue weighted by atomic mass is 32.2. The first-order chi connectivity index (χ1) is 10.5. The number of aromatic nitrogens is 2. The third-order valence-corrected chi connectivity index (χ3v) is 6.27.